The average Bonchev–Trinajstić information content (AvgIpc) is 2.83. The normalized spacial score (nSPS) is 29.2. The summed E-state index contributed by atoms with van der Waals surface area (Å²) in [4.78, 5) is 25.8. The highest BCUT2D eigenvalue weighted by molar-refractivity contribution is 5.82. The van der Waals surface area contributed by atoms with Crippen molar-refractivity contribution in [1.29, 1.82) is 5.26 Å². The number of nitrogens with zero attached hydrogens (tertiary/aromatic N) is 2. The molecule has 2 rings (SSSR count). The second-order valence-electron chi connectivity index (χ2n) is 6.31. The van der Waals surface area contributed by atoms with E-state index in [9.17, 15) is 9.59 Å². The van der Waals surface area contributed by atoms with E-state index >= 15 is 0 Å². The molecule has 2 aliphatic rings. The Balaban J connectivity index is 2.06. The van der Waals surface area contributed by atoms with Gasteiger partial charge in [0.25, 0.3) is 0 Å². The Labute approximate surface area is 113 Å². The molecule has 0 spiro atoms. The zero-order chi connectivity index (χ0) is 14.2. The highest BCUT2D eigenvalue weighted by Crippen LogP contribution is 2.42. The van der Waals surface area contributed by atoms with Crippen molar-refractivity contribution < 1.29 is 14.3 Å². The van der Waals surface area contributed by atoms with Crippen molar-refractivity contribution in [2.24, 2.45) is 5.92 Å². The maximum absolute atomic E-state index is 12.2. The molecule has 5 nitrogen and oxygen atoms in total. The third-order valence-corrected chi connectivity index (χ3v) is 3.76. The van der Waals surface area contributed by atoms with Gasteiger partial charge >= 0.3 is 5.97 Å². The van der Waals surface area contributed by atoms with Crippen LogP contribution in [0.15, 0.2) is 0 Å². The van der Waals surface area contributed by atoms with E-state index in [1.807, 2.05) is 26.8 Å². The Bertz CT molecular complexity index is 433. The van der Waals surface area contributed by atoms with E-state index in [4.69, 9.17) is 10.00 Å². The predicted molar refractivity (Wildman–Crippen MR) is 67.8 cm³/mol. The van der Waals surface area contributed by atoms with Crippen LogP contribution in [0.25, 0.3) is 0 Å². The Morgan fingerprint density at radius 2 is 2.05 bits per heavy atom. The number of hydrogen-bond acceptors (Lipinski definition) is 4. The Hall–Kier alpha value is -1.57. The number of ether oxygens (including phenoxy) is 1. The second kappa shape index (κ2) is 4.84. The minimum atomic E-state index is -0.500. The number of fused-ring (bicyclic) bond motifs is 2. The molecule has 0 aliphatic carbocycles. The summed E-state index contributed by atoms with van der Waals surface area (Å²) in [5.74, 6) is -0.587. The molecule has 2 heterocycles. The fourth-order valence-corrected chi connectivity index (χ4v) is 3.17. The Kier molecular flexibility index (Phi) is 3.53. The lowest BCUT2D eigenvalue weighted by atomic mass is 9.89. The van der Waals surface area contributed by atoms with Crippen LogP contribution in [0.4, 0.5) is 0 Å². The summed E-state index contributed by atoms with van der Waals surface area (Å²) in [6.07, 6.45) is 2.34. The summed E-state index contributed by atoms with van der Waals surface area (Å²) in [7, 11) is 0. The van der Waals surface area contributed by atoms with Crippen LogP contribution >= 0.6 is 0 Å². The number of carbonyl (C=O) groups is 2. The minimum absolute atomic E-state index is 0.0688. The van der Waals surface area contributed by atoms with E-state index in [1.54, 1.807) is 4.90 Å². The summed E-state index contributed by atoms with van der Waals surface area (Å²) in [6, 6.07) is 1.93. The van der Waals surface area contributed by atoms with Gasteiger partial charge in [0.05, 0.1) is 12.0 Å². The van der Waals surface area contributed by atoms with E-state index in [0.29, 0.717) is 6.42 Å². The van der Waals surface area contributed by atoms with Gasteiger partial charge in [-0.3, -0.25) is 9.59 Å². The molecule has 3 atom stereocenters. The lowest BCUT2D eigenvalue weighted by Gasteiger charge is -2.26. The van der Waals surface area contributed by atoms with Crippen LogP contribution in [-0.2, 0) is 14.3 Å². The number of esters is 1. The van der Waals surface area contributed by atoms with Gasteiger partial charge in [0.2, 0.25) is 5.91 Å². The molecule has 2 aliphatic heterocycles. The van der Waals surface area contributed by atoms with Gasteiger partial charge in [0.15, 0.2) is 0 Å². The van der Waals surface area contributed by atoms with Crippen molar-refractivity contribution in [3.63, 3.8) is 0 Å². The molecule has 0 aromatic carbocycles. The summed E-state index contributed by atoms with van der Waals surface area (Å²) >= 11 is 0. The van der Waals surface area contributed by atoms with E-state index in [1.165, 1.54) is 0 Å². The summed E-state index contributed by atoms with van der Waals surface area (Å²) in [6.45, 7) is 5.53. The minimum Gasteiger partial charge on any atom is -0.460 e. The molecule has 0 unspecified atom stereocenters. The summed E-state index contributed by atoms with van der Waals surface area (Å²) < 4.78 is 5.42. The monoisotopic (exact) mass is 264 g/mol. The SMILES string of the molecule is CC(C)(C)OC(=O)[C@@H]1C[C@H]2CC[C@H]1N2C(=O)CC#N. The average molecular weight is 264 g/mol. The van der Waals surface area contributed by atoms with E-state index in [2.05, 4.69) is 0 Å². The number of carbonyl (C=O) groups excluding carboxylic acids is 2. The third kappa shape index (κ3) is 2.73. The second-order valence-corrected chi connectivity index (χ2v) is 6.31. The van der Waals surface area contributed by atoms with Gasteiger partial charge in [-0.15, -0.1) is 0 Å². The lowest BCUT2D eigenvalue weighted by molar-refractivity contribution is -0.161. The molecule has 0 radical (unpaired) electrons. The van der Waals surface area contributed by atoms with E-state index in [-0.39, 0.29) is 36.3 Å². The van der Waals surface area contributed by atoms with Gasteiger partial charge in [0, 0.05) is 12.1 Å². The Morgan fingerprint density at radius 3 is 2.63 bits per heavy atom. The van der Waals surface area contributed by atoms with Gasteiger partial charge in [-0.25, -0.2) is 0 Å². The molecule has 104 valence electrons. The van der Waals surface area contributed by atoms with Crippen molar-refractivity contribution in [2.45, 2.75) is 64.1 Å². The van der Waals surface area contributed by atoms with E-state index in [0.717, 1.165) is 12.8 Å². The van der Waals surface area contributed by atoms with Gasteiger partial charge < -0.3 is 9.64 Å². The Morgan fingerprint density at radius 1 is 1.37 bits per heavy atom. The summed E-state index contributed by atoms with van der Waals surface area (Å²) in [5, 5.41) is 8.63. The van der Waals surface area contributed by atoms with Crippen LogP contribution in [0.5, 0.6) is 0 Å². The number of nitriles is 1. The van der Waals surface area contributed by atoms with E-state index < -0.39 is 5.60 Å². The maximum Gasteiger partial charge on any atom is 0.311 e. The highest BCUT2D eigenvalue weighted by atomic mass is 16.6. The molecule has 0 aromatic rings. The first-order valence-electron chi connectivity index (χ1n) is 6.74. The first kappa shape index (κ1) is 13.9. The molecule has 2 fully saturated rings. The fraction of sp³-hybridized carbons (Fsp3) is 0.786. The van der Waals surface area contributed by atoms with Gasteiger partial charge in [-0.1, -0.05) is 0 Å². The van der Waals surface area contributed by atoms with Gasteiger partial charge in [-0.2, -0.15) is 5.26 Å². The van der Waals surface area contributed by atoms with Crippen LogP contribution in [0.3, 0.4) is 0 Å². The zero-order valence-electron chi connectivity index (χ0n) is 11.7. The standard InChI is InChI=1S/C14H20N2O3/c1-14(2,3)19-13(18)10-8-9-4-5-11(10)16(9)12(17)6-7-15/h9-11H,4-6,8H2,1-3H3/t9-,10-,11-/m1/s1. The van der Waals surface area contributed by atoms with Gasteiger partial charge in [0.1, 0.15) is 12.0 Å². The fourth-order valence-electron chi connectivity index (χ4n) is 3.17. The van der Waals surface area contributed by atoms with Crippen molar-refractivity contribution in [3.8, 4) is 6.07 Å². The van der Waals surface area contributed by atoms with Crippen molar-refractivity contribution in [1.82, 2.24) is 4.90 Å². The molecule has 19 heavy (non-hydrogen) atoms. The quantitative estimate of drug-likeness (QED) is 0.711. The number of rotatable bonds is 2. The first-order chi connectivity index (χ1) is 8.83. The largest absolute Gasteiger partial charge is 0.460 e. The molecule has 2 saturated heterocycles. The van der Waals surface area contributed by atoms with Crippen LogP contribution in [0, 0.1) is 17.2 Å². The van der Waals surface area contributed by atoms with Crippen molar-refractivity contribution >= 4 is 11.9 Å². The van der Waals surface area contributed by atoms with Crippen molar-refractivity contribution in [2.75, 3.05) is 0 Å². The van der Waals surface area contributed by atoms with Crippen LogP contribution < -0.4 is 0 Å². The van der Waals surface area contributed by atoms with Crippen LogP contribution in [0.2, 0.25) is 0 Å². The smallest absolute Gasteiger partial charge is 0.311 e. The highest BCUT2D eigenvalue weighted by Gasteiger charge is 2.51. The number of hydrogen-bond donors (Lipinski definition) is 0. The predicted octanol–water partition coefficient (Wildman–Crippen LogP) is 1.62. The molecule has 2 bridgehead atoms. The summed E-state index contributed by atoms with van der Waals surface area (Å²) in [5.41, 5.74) is -0.500. The molecule has 1 amide bonds. The molecular weight excluding hydrogens is 244 g/mol. The first-order valence-corrected chi connectivity index (χ1v) is 6.74. The van der Waals surface area contributed by atoms with Crippen molar-refractivity contribution in [3.05, 3.63) is 0 Å². The third-order valence-electron chi connectivity index (χ3n) is 3.76. The zero-order valence-corrected chi connectivity index (χ0v) is 11.7. The van der Waals surface area contributed by atoms with Gasteiger partial charge in [-0.05, 0) is 40.0 Å². The maximum atomic E-state index is 12.2. The number of amides is 1. The molecular formula is C14H20N2O3. The van der Waals surface area contributed by atoms with Crippen LogP contribution in [-0.4, -0.2) is 34.5 Å². The van der Waals surface area contributed by atoms with Crippen LogP contribution in [0.1, 0.15) is 46.5 Å². The molecule has 0 saturated carbocycles. The molecule has 5 heteroatoms. The lowest BCUT2D eigenvalue weighted by Crippen LogP contribution is -2.39. The topological polar surface area (TPSA) is 70.4 Å². The molecule has 0 N–H and O–H groups in total. The molecule has 0 aromatic heterocycles.